The van der Waals surface area contributed by atoms with Crippen LogP contribution in [-0.2, 0) is 4.79 Å². The van der Waals surface area contributed by atoms with Gasteiger partial charge in [-0.05, 0) is 31.5 Å². The molecule has 24 heavy (non-hydrogen) atoms. The molecule has 3 N–H and O–H groups in total. The van der Waals surface area contributed by atoms with Gasteiger partial charge in [0.15, 0.2) is 0 Å². The van der Waals surface area contributed by atoms with Crippen molar-refractivity contribution in [3.63, 3.8) is 0 Å². The Morgan fingerprint density at radius 2 is 2.17 bits per heavy atom. The molecule has 1 atom stereocenters. The molecule has 0 aromatic heterocycles. The summed E-state index contributed by atoms with van der Waals surface area (Å²) in [6, 6.07) is 3.54. The van der Waals surface area contributed by atoms with E-state index in [4.69, 9.17) is 5.11 Å². The number of benzene rings is 1. The molecule has 1 aromatic carbocycles. The van der Waals surface area contributed by atoms with Crippen molar-refractivity contribution in [2.75, 3.05) is 18.0 Å². The third-order valence-corrected chi connectivity index (χ3v) is 4.10. The molecule has 0 aliphatic carbocycles. The number of hydrogen-bond acceptors (Lipinski definition) is 3. The van der Waals surface area contributed by atoms with E-state index in [0.29, 0.717) is 25.2 Å². The van der Waals surface area contributed by atoms with Crippen molar-refractivity contribution >= 4 is 23.6 Å². The summed E-state index contributed by atoms with van der Waals surface area (Å²) in [7, 11) is 0. The molecule has 1 aromatic rings. The number of rotatable bonds is 6. The summed E-state index contributed by atoms with van der Waals surface area (Å²) in [5, 5.41) is 14.2. The van der Waals surface area contributed by atoms with Gasteiger partial charge in [0.1, 0.15) is 5.82 Å². The second kappa shape index (κ2) is 6.86. The zero-order valence-corrected chi connectivity index (χ0v) is 13.6. The topological polar surface area (TPSA) is 98.7 Å². The number of carbonyl (C=O) groups is 3. The normalized spacial score (nSPS) is 16.5. The van der Waals surface area contributed by atoms with E-state index >= 15 is 0 Å². The predicted molar refractivity (Wildman–Crippen MR) is 85.6 cm³/mol. The van der Waals surface area contributed by atoms with E-state index in [-0.39, 0.29) is 18.0 Å². The van der Waals surface area contributed by atoms with E-state index in [9.17, 15) is 18.8 Å². The van der Waals surface area contributed by atoms with Crippen LogP contribution in [0.4, 0.5) is 14.9 Å². The Bertz CT molecular complexity index is 679. The van der Waals surface area contributed by atoms with Crippen LogP contribution in [0.3, 0.4) is 0 Å². The first kappa shape index (κ1) is 17.7. The van der Waals surface area contributed by atoms with Gasteiger partial charge in [0, 0.05) is 24.3 Å². The first-order valence-corrected chi connectivity index (χ1v) is 7.65. The minimum Gasteiger partial charge on any atom is -0.481 e. The van der Waals surface area contributed by atoms with Crippen LogP contribution in [0.2, 0.25) is 0 Å². The fraction of sp³-hybridized carbons (Fsp3) is 0.438. The predicted octanol–water partition coefficient (Wildman–Crippen LogP) is 1.73. The molecule has 0 spiro atoms. The number of hydrogen-bond donors (Lipinski definition) is 3. The SMILES string of the molecule is CC[C@](C)(CC(=O)O)NC(=O)c1cc(N2CCNC2=O)ccc1F. The van der Waals surface area contributed by atoms with Crippen molar-refractivity contribution in [2.45, 2.75) is 32.2 Å². The molecule has 1 heterocycles. The molecule has 0 bridgehead atoms. The molecule has 7 nitrogen and oxygen atoms in total. The van der Waals surface area contributed by atoms with Crippen LogP contribution < -0.4 is 15.5 Å². The Morgan fingerprint density at radius 1 is 1.46 bits per heavy atom. The number of amides is 3. The van der Waals surface area contributed by atoms with Crippen LogP contribution in [-0.4, -0.2) is 41.6 Å². The van der Waals surface area contributed by atoms with Crippen molar-refractivity contribution in [3.05, 3.63) is 29.6 Å². The van der Waals surface area contributed by atoms with Gasteiger partial charge in [-0.1, -0.05) is 6.92 Å². The van der Waals surface area contributed by atoms with Crippen LogP contribution >= 0.6 is 0 Å². The molecule has 0 radical (unpaired) electrons. The van der Waals surface area contributed by atoms with Gasteiger partial charge in [-0.25, -0.2) is 9.18 Å². The number of nitrogens with one attached hydrogen (secondary N) is 2. The van der Waals surface area contributed by atoms with Crippen LogP contribution in [0.1, 0.15) is 37.0 Å². The monoisotopic (exact) mass is 337 g/mol. The van der Waals surface area contributed by atoms with Gasteiger partial charge in [-0.15, -0.1) is 0 Å². The molecule has 1 aliphatic rings. The van der Waals surface area contributed by atoms with E-state index in [1.807, 2.05) is 0 Å². The van der Waals surface area contributed by atoms with Crippen molar-refractivity contribution in [3.8, 4) is 0 Å². The van der Waals surface area contributed by atoms with Crippen LogP contribution in [0.5, 0.6) is 0 Å². The number of halogens is 1. The lowest BCUT2D eigenvalue weighted by Crippen LogP contribution is -2.47. The first-order chi connectivity index (χ1) is 11.3. The Labute approximate surface area is 138 Å². The van der Waals surface area contributed by atoms with E-state index in [1.165, 1.54) is 17.0 Å². The lowest BCUT2D eigenvalue weighted by molar-refractivity contribution is -0.138. The number of carboxylic acid groups (broad SMARTS) is 1. The molecule has 0 unspecified atom stereocenters. The number of carboxylic acids is 1. The molecule has 1 saturated heterocycles. The van der Waals surface area contributed by atoms with Gasteiger partial charge < -0.3 is 15.7 Å². The summed E-state index contributed by atoms with van der Waals surface area (Å²) in [6.07, 6.45) is 0.103. The largest absolute Gasteiger partial charge is 0.481 e. The fourth-order valence-corrected chi connectivity index (χ4v) is 2.51. The van der Waals surface area contributed by atoms with Crippen molar-refractivity contribution in [1.29, 1.82) is 0 Å². The third kappa shape index (κ3) is 3.81. The molecule has 1 aliphatic heterocycles. The minimum atomic E-state index is -1.05. The number of anilines is 1. The fourth-order valence-electron chi connectivity index (χ4n) is 2.51. The summed E-state index contributed by atoms with van der Waals surface area (Å²) >= 11 is 0. The lowest BCUT2D eigenvalue weighted by atomic mass is 9.94. The second-order valence-corrected chi connectivity index (χ2v) is 5.99. The van der Waals surface area contributed by atoms with Crippen molar-refractivity contribution < 1.29 is 23.9 Å². The zero-order valence-electron chi connectivity index (χ0n) is 13.6. The zero-order chi connectivity index (χ0) is 17.9. The van der Waals surface area contributed by atoms with Crippen molar-refractivity contribution in [2.24, 2.45) is 0 Å². The maximum absolute atomic E-state index is 14.0. The highest BCUT2D eigenvalue weighted by Crippen LogP contribution is 2.22. The van der Waals surface area contributed by atoms with E-state index in [2.05, 4.69) is 10.6 Å². The Hall–Kier alpha value is -2.64. The summed E-state index contributed by atoms with van der Waals surface area (Å²) in [5.74, 6) is -2.49. The number of nitrogens with zero attached hydrogens (tertiary/aromatic N) is 1. The molecule has 2 rings (SSSR count). The first-order valence-electron chi connectivity index (χ1n) is 7.65. The standard InChI is InChI=1S/C16H20FN3O4/c1-3-16(2,9-13(21)22)19-14(23)11-8-10(4-5-12(11)17)20-7-6-18-15(20)24/h4-5,8H,3,6-7,9H2,1-2H3,(H,18,24)(H,19,23)(H,21,22)/t16-/m1/s1. The summed E-state index contributed by atoms with van der Waals surface area (Å²) < 4.78 is 14.0. The lowest BCUT2D eigenvalue weighted by Gasteiger charge is -2.28. The average Bonchev–Trinajstić information content (AvgIpc) is 2.93. The maximum atomic E-state index is 14.0. The highest BCUT2D eigenvalue weighted by Gasteiger charge is 2.29. The molecule has 8 heteroatoms. The molecular weight excluding hydrogens is 317 g/mol. The summed E-state index contributed by atoms with van der Waals surface area (Å²) in [4.78, 5) is 36.5. The Kier molecular flexibility index (Phi) is 5.06. The van der Waals surface area contributed by atoms with Gasteiger partial charge in [-0.3, -0.25) is 14.5 Å². The maximum Gasteiger partial charge on any atom is 0.321 e. The van der Waals surface area contributed by atoms with Gasteiger partial charge in [0.2, 0.25) is 0 Å². The van der Waals surface area contributed by atoms with E-state index < -0.39 is 23.2 Å². The highest BCUT2D eigenvalue weighted by molar-refractivity contribution is 5.99. The Balaban J connectivity index is 2.25. The van der Waals surface area contributed by atoms with Crippen LogP contribution in [0.25, 0.3) is 0 Å². The molecule has 3 amide bonds. The smallest absolute Gasteiger partial charge is 0.321 e. The van der Waals surface area contributed by atoms with Crippen LogP contribution in [0.15, 0.2) is 18.2 Å². The Morgan fingerprint density at radius 3 is 2.71 bits per heavy atom. The summed E-state index contributed by atoms with van der Waals surface area (Å²) in [6.45, 7) is 4.24. The van der Waals surface area contributed by atoms with Crippen LogP contribution in [0, 0.1) is 5.82 Å². The molecule has 1 fully saturated rings. The summed E-state index contributed by atoms with van der Waals surface area (Å²) in [5.41, 5.74) is -0.804. The highest BCUT2D eigenvalue weighted by atomic mass is 19.1. The second-order valence-electron chi connectivity index (χ2n) is 5.99. The number of carbonyl (C=O) groups excluding carboxylic acids is 2. The molecular formula is C16H20FN3O4. The minimum absolute atomic E-state index is 0.225. The number of urea groups is 1. The van der Waals surface area contributed by atoms with Crippen molar-refractivity contribution in [1.82, 2.24) is 10.6 Å². The van der Waals surface area contributed by atoms with Gasteiger partial charge >= 0.3 is 12.0 Å². The average molecular weight is 337 g/mol. The molecule has 0 saturated carbocycles. The van der Waals surface area contributed by atoms with E-state index in [1.54, 1.807) is 13.8 Å². The van der Waals surface area contributed by atoms with Gasteiger partial charge in [-0.2, -0.15) is 0 Å². The van der Waals surface area contributed by atoms with Gasteiger partial charge in [0.25, 0.3) is 5.91 Å². The van der Waals surface area contributed by atoms with E-state index in [0.717, 1.165) is 6.07 Å². The number of aliphatic carboxylic acids is 1. The third-order valence-electron chi connectivity index (χ3n) is 4.10. The molecule has 130 valence electrons. The van der Waals surface area contributed by atoms with Gasteiger partial charge in [0.05, 0.1) is 12.0 Å². The quantitative estimate of drug-likeness (QED) is 0.736.